The summed E-state index contributed by atoms with van der Waals surface area (Å²) in [5.41, 5.74) is 0.431. The number of phenolic OH excluding ortho intramolecular Hbond substituents is 1. The van der Waals surface area contributed by atoms with Crippen LogP contribution in [0, 0.1) is 0 Å². The fraction of sp³-hybridized carbons (Fsp3) is 0.417. The molecule has 0 heterocycles. The molecule has 1 aromatic carbocycles. The molecule has 1 rings (SSSR count). The number of halogens is 2. The molecule has 1 amide bonds. The Balaban J connectivity index is 2.72. The van der Waals surface area contributed by atoms with Gasteiger partial charge in [0.2, 0.25) is 0 Å². The molecule has 0 saturated heterocycles. The van der Waals surface area contributed by atoms with Gasteiger partial charge in [-0.15, -0.1) is 11.6 Å². The zero-order chi connectivity index (χ0) is 12.8. The molecule has 0 saturated carbocycles. The molecular formula is C12H15Cl2NO2. The van der Waals surface area contributed by atoms with Crippen LogP contribution < -0.4 is 5.32 Å². The Bertz CT molecular complexity index is 396. The minimum atomic E-state index is -0.205. The molecule has 2 N–H and O–H groups in total. The van der Waals surface area contributed by atoms with Crippen molar-refractivity contribution in [3.05, 3.63) is 28.8 Å². The number of benzene rings is 1. The van der Waals surface area contributed by atoms with Gasteiger partial charge in [0.1, 0.15) is 5.75 Å². The molecule has 0 aliphatic carbocycles. The van der Waals surface area contributed by atoms with Crippen molar-refractivity contribution in [3.63, 3.8) is 0 Å². The lowest BCUT2D eigenvalue weighted by molar-refractivity contribution is 0.0935. The number of carbonyl (C=O) groups is 1. The van der Waals surface area contributed by atoms with Gasteiger partial charge in [0.25, 0.3) is 5.91 Å². The first-order valence-electron chi connectivity index (χ1n) is 5.43. The molecule has 0 radical (unpaired) electrons. The first kappa shape index (κ1) is 14.1. The average molecular weight is 276 g/mol. The van der Waals surface area contributed by atoms with Crippen molar-refractivity contribution in [3.8, 4) is 5.75 Å². The molecule has 0 spiro atoms. The molecule has 0 aliphatic heterocycles. The third kappa shape index (κ3) is 4.10. The summed E-state index contributed by atoms with van der Waals surface area (Å²) in [6.45, 7) is 1.99. The number of alkyl halides is 1. The van der Waals surface area contributed by atoms with Crippen LogP contribution in [0.25, 0.3) is 0 Å². The summed E-state index contributed by atoms with van der Waals surface area (Å²) in [7, 11) is 0. The Morgan fingerprint density at radius 1 is 1.53 bits per heavy atom. The van der Waals surface area contributed by atoms with E-state index >= 15 is 0 Å². The predicted molar refractivity (Wildman–Crippen MR) is 70.0 cm³/mol. The van der Waals surface area contributed by atoms with Gasteiger partial charge >= 0.3 is 0 Å². The number of carbonyl (C=O) groups excluding carboxylic acids is 1. The Morgan fingerprint density at radius 2 is 2.24 bits per heavy atom. The Kier molecular flexibility index (Phi) is 5.59. The van der Waals surface area contributed by atoms with E-state index in [4.69, 9.17) is 23.2 Å². The van der Waals surface area contributed by atoms with Crippen LogP contribution in [0.1, 0.15) is 30.1 Å². The highest BCUT2D eigenvalue weighted by atomic mass is 35.5. The zero-order valence-electron chi connectivity index (χ0n) is 9.54. The summed E-state index contributed by atoms with van der Waals surface area (Å²) in [5, 5.41) is 12.3. The van der Waals surface area contributed by atoms with Crippen molar-refractivity contribution in [2.24, 2.45) is 0 Å². The largest absolute Gasteiger partial charge is 0.506 e. The summed E-state index contributed by atoms with van der Waals surface area (Å²) < 4.78 is 0. The summed E-state index contributed by atoms with van der Waals surface area (Å²) in [6, 6.07) is 4.44. The van der Waals surface area contributed by atoms with E-state index in [2.05, 4.69) is 5.32 Å². The van der Waals surface area contributed by atoms with Gasteiger partial charge in [-0.1, -0.05) is 18.5 Å². The number of aromatic hydroxyl groups is 1. The lowest BCUT2D eigenvalue weighted by Gasteiger charge is -2.15. The second-order valence-electron chi connectivity index (χ2n) is 3.72. The third-order valence-corrected chi connectivity index (χ3v) is 3.02. The van der Waals surface area contributed by atoms with Crippen LogP contribution in [0.15, 0.2) is 18.2 Å². The van der Waals surface area contributed by atoms with Crippen LogP contribution in [0.5, 0.6) is 5.75 Å². The minimum absolute atomic E-state index is 0.0315. The van der Waals surface area contributed by atoms with Crippen LogP contribution in [0.3, 0.4) is 0 Å². The van der Waals surface area contributed by atoms with Crippen molar-refractivity contribution >= 4 is 29.1 Å². The van der Waals surface area contributed by atoms with Crippen LogP contribution in [-0.2, 0) is 0 Å². The van der Waals surface area contributed by atoms with E-state index in [0.29, 0.717) is 11.4 Å². The minimum Gasteiger partial charge on any atom is -0.506 e. The molecule has 0 fully saturated rings. The fourth-order valence-corrected chi connectivity index (χ4v) is 1.87. The molecule has 94 valence electrons. The van der Waals surface area contributed by atoms with Gasteiger partial charge in [-0.3, -0.25) is 4.79 Å². The first-order chi connectivity index (χ1) is 8.08. The van der Waals surface area contributed by atoms with Gasteiger partial charge in [0, 0.05) is 17.5 Å². The van der Waals surface area contributed by atoms with Gasteiger partial charge in [0.15, 0.2) is 0 Å². The summed E-state index contributed by atoms with van der Waals surface area (Å²) in [5.74, 6) is 0.273. The summed E-state index contributed by atoms with van der Waals surface area (Å²) in [4.78, 5) is 11.9. The van der Waals surface area contributed by atoms with Crippen molar-refractivity contribution < 1.29 is 9.90 Å². The van der Waals surface area contributed by atoms with E-state index in [9.17, 15) is 9.90 Å². The maximum absolute atomic E-state index is 11.9. The molecule has 3 nitrogen and oxygen atoms in total. The van der Waals surface area contributed by atoms with E-state index in [1.165, 1.54) is 18.2 Å². The van der Waals surface area contributed by atoms with Crippen LogP contribution in [0.4, 0.5) is 0 Å². The average Bonchev–Trinajstić information content (AvgIpc) is 2.31. The highest BCUT2D eigenvalue weighted by Crippen LogP contribution is 2.23. The first-order valence-corrected chi connectivity index (χ1v) is 6.35. The number of amides is 1. The normalized spacial score (nSPS) is 12.2. The summed E-state index contributed by atoms with van der Waals surface area (Å²) >= 11 is 11.4. The van der Waals surface area contributed by atoms with Crippen LogP contribution in [-0.4, -0.2) is 22.9 Å². The van der Waals surface area contributed by atoms with Crippen molar-refractivity contribution in [2.75, 3.05) is 5.88 Å². The number of nitrogens with one attached hydrogen (secondary N) is 1. The third-order valence-electron chi connectivity index (χ3n) is 2.50. The SMILES string of the molecule is CCC(CCCl)NC(=O)c1ccc(O)c(Cl)c1. The van der Waals surface area contributed by atoms with Gasteiger partial charge < -0.3 is 10.4 Å². The smallest absolute Gasteiger partial charge is 0.251 e. The fourth-order valence-electron chi connectivity index (χ4n) is 1.43. The van der Waals surface area contributed by atoms with Crippen LogP contribution in [0.2, 0.25) is 5.02 Å². The van der Waals surface area contributed by atoms with E-state index in [1.807, 2.05) is 6.92 Å². The molecule has 1 atom stereocenters. The Morgan fingerprint density at radius 3 is 2.76 bits per heavy atom. The molecule has 5 heteroatoms. The lowest BCUT2D eigenvalue weighted by atomic mass is 10.1. The topological polar surface area (TPSA) is 49.3 Å². The molecule has 0 bridgehead atoms. The zero-order valence-corrected chi connectivity index (χ0v) is 11.1. The number of hydrogen-bond acceptors (Lipinski definition) is 2. The van der Waals surface area contributed by atoms with Gasteiger partial charge in [0.05, 0.1) is 5.02 Å². The van der Waals surface area contributed by atoms with Gasteiger partial charge in [-0.05, 0) is 31.0 Å². The lowest BCUT2D eigenvalue weighted by Crippen LogP contribution is -2.34. The summed E-state index contributed by atoms with van der Waals surface area (Å²) in [6.07, 6.45) is 1.56. The molecule has 17 heavy (non-hydrogen) atoms. The molecule has 0 aromatic heterocycles. The standard InChI is InChI=1S/C12H15Cl2NO2/c1-2-9(5-6-13)15-12(17)8-3-4-11(16)10(14)7-8/h3-4,7,9,16H,2,5-6H2,1H3,(H,15,17). The molecule has 0 aliphatic rings. The van der Waals surface area contributed by atoms with Crippen molar-refractivity contribution in [1.82, 2.24) is 5.32 Å². The second-order valence-corrected chi connectivity index (χ2v) is 4.51. The van der Waals surface area contributed by atoms with E-state index in [-0.39, 0.29) is 22.7 Å². The molecule has 1 unspecified atom stereocenters. The molecular weight excluding hydrogens is 261 g/mol. The highest BCUT2D eigenvalue weighted by Gasteiger charge is 2.12. The maximum Gasteiger partial charge on any atom is 0.251 e. The highest BCUT2D eigenvalue weighted by molar-refractivity contribution is 6.32. The van der Waals surface area contributed by atoms with Crippen molar-refractivity contribution in [2.45, 2.75) is 25.8 Å². The van der Waals surface area contributed by atoms with Gasteiger partial charge in [-0.2, -0.15) is 0 Å². The number of rotatable bonds is 5. The van der Waals surface area contributed by atoms with E-state index < -0.39 is 0 Å². The molecule has 1 aromatic rings. The maximum atomic E-state index is 11.9. The monoisotopic (exact) mass is 275 g/mol. The van der Waals surface area contributed by atoms with E-state index in [0.717, 1.165) is 12.8 Å². The Labute approximate surface area is 111 Å². The number of phenols is 1. The number of hydrogen-bond donors (Lipinski definition) is 2. The van der Waals surface area contributed by atoms with Gasteiger partial charge in [-0.25, -0.2) is 0 Å². The van der Waals surface area contributed by atoms with Crippen LogP contribution >= 0.6 is 23.2 Å². The quantitative estimate of drug-likeness (QED) is 0.811. The second kappa shape index (κ2) is 6.72. The van der Waals surface area contributed by atoms with E-state index in [1.54, 1.807) is 0 Å². The Hall–Kier alpha value is -0.930. The van der Waals surface area contributed by atoms with Crippen molar-refractivity contribution in [1.29, 1.82) is 0 Å². The predicted octanol–water partition coefficient (Wildman–Crippen LogP) is 3.18.